The van der Waals surface area contributed by atoms with Gasteiger partial charge < -0.3 is 0 Å². The predicted octanol–water partition coefficient (Wildman–Crippen LogP) is 7.43. The van der Waals surface area contributed by atoms with Gasteiger partial charge in [0.2, 0.25) is 0 Å². The molecule has 22 heavy (non-hydrogen) atoms. The molecule has 2 radical (unpaired) electrons. The maximum Gasteiger partial charge on any atom is -0.0143 e. The van der Waals surface area contributed by atoms with Gasteiger partial charge in [-0.3, -0.25) is 0 Å². The highest BCUT2D eigenvalue weighted by molar-refractivity contribution is 5.30. The molecule has 0 saturated heterocycles. The zero-order valence-corrected chi connectivity index (χ0v) is 15.4. The van der Waals surface area contributed by atoms with Crippen molar-refractivity contribution in [3.63, 3.8) is 0 Å². The fraction of sp³-hybridized carbons (Fsp3) is 0.727. The largest absolute Gasteiger partial charge is 0.0654 e. The summed E-state index contributed by atoms with van der Waals surface area (Å²) in [5.41, 5.74) is 2.86. The summed E-state index contributed by atoms with van der Waals surface area (Å²) in [5.74, 6) is 1.25. The standard InChI is InChI=1S/C22H36/c1-5-7-9-11-15-19(3)21-17-13-14-18-22(21)20(4)16-12-10-8-6-2/h13-14,19-20H,5-12,15-16H2,1-4H3. The molecule has 0 aliphatic heterocycles. The number of benzene rings is 1. The lowest BCUT2D eigenvalue weighted by Crippen LogP contribution is -2.04. The molecule has 0 heterocycles. The van der Waals surface area contributed by atoms with Gasteiger partial charge in [-0.25, -0.2) is 0 Å². The Kier molecular flexibility index (Phi) is 10.3. The van der Waals surface area contributed by atoms with Crippen molar-refractivity contribution >= 4 is 0 Å². The molecule has 0 aliphatic carbocycles. The molecule has 1 rings (SSSR count). The van der Waals surface area contributed by atoms with Crippen molar-refractivity contribution in [2.24, 2.45) is 0 Å². The lowest BCUT2D eigenvalue weighted by Gasteiger charge is -2.20. The number of hydrogen-bond acceptors (Lipinski definition) is 0. The molecule has 124 valence electrons. The highest BCUT2D eigenvalue weighted by Crippen LogP contribution is 2.31. The minimum Gasteiger partial charge on any atom is -0.0654 e. The number of unbranched alkanes of at least 4 members (excludes halogenated alkanes) is 6. The van der Waals surface area contributed by atoms with Crippen molar-refractivity contribution < 1.29 is 0 Å². The smallest absolute Gasteiger partial charge is 0.0143 e. The van der Waals surface area contributed by atoms with Crippen molar-refractivity contribution in [1.29, 1.82) is 0 Å². The third-order valence-electron chi connectivity index (χ3n) is 4.82. The van der Waals surface area contributed by atoms with Gasteiger partial charge in [0.05, 0.1) is 0 Å². The summed E-state index contributed by atoms with van der Waals surface area (Å²) in [6.07, 6.45) is 13.4. The summed E-state index contributed by atoms with van der Waals surface area (Å²) in [6, 6.07) is 11.2. The SMILES string of the molecule is CCCCCCC(C)c1[c]cc[c]c1C(C)CCCCCC. The van der Waals surface area contributed by atoms with E-state index in [0.29, 0.717) is 11.8 Å². The van der Waals surface area contributed by atoms with Crippen LogP contribution in [0.1, 0.15) is 115 Å². The predicted molar refractivity (Wildman–Crippen MR) is 98.5 cm³/mol. The number of rotatable bonds is 12. The van der Waals surface area contributed by atoms with E-state index in [1.165, 1.54) is 75.3 Å². The summed E-state index contributed by atoms with van der Waals surface area (Å²) in [5, 5.41) is 0. The van der Waals surface area contributed by atoms with Crippen LogP contribution in [-0.4, -0.2) is 0 Å². The summed E-state index contributed by atoms with van der Waals surface area (Å²) in [7, 11) is 0. The molecular formula is C22H36. The van der Waals surface area contributed by atoms with Gasteiger partial charge in [0.1, 0.15) is 0 Å². The van der Waals surface area contributed by atoms with E-state index in [0.717, 1.165) is 0 Å². The van der Waals surface area contributed by atoms with Crippen LogP contribution >= 0.6 is 0 Å². The molecule has 0 amide bonds. The van der Waals surface area contributed by atoms with Crippen LogP contribution in [0.25, 0.3) is 0 Å². The molecule has 2 atom stereocenters. The van der Waals surface area contributed by atoms with E-state index in [9.17, 15) is 0 Å². The maximum absolute atomic E-state index is 3.53. The average molecular weight is 301 g/mol. The van der Waals surface area contributed by atoms with Crippen LogP contribution in [0, 0.1) is 12.1 Å². The van der Waals surface area contributed by atoms with Crippen LogP contribution in [0.4, 0.5) is 0 Å². The van der Waals surface area contributed by atoms with Crippen LogP contribution in [0.5, 0.6) is 0 Å². The Morgan fingerprint density at radius 3 is 1.45 bits per heavy atom. The third kappa shape index (κ3) is 6.99. The van der Waals surface area contributed by atoms with Crippen LogP contribution in [-0.2, 0) is 0 Å². The fourth-order valence-electron chi connectivity index (χ4n) is 3.28. The Morgan fingerprint density at radius 2 is 1.09 bits per heavy atom. The van der Waals surface area contributed by atoms with Crippen LogP contribution in [0.3, 0.4) is 0 Å². The Bertz CT molecular complexity index is 342. The molecule has 0 fully saturated rings. The average Bonchev–Trinajstić information content (AvgIpc) is 2.55. The fourth-order valence-corrected chi connectivity index (χ4v) is 3.28. The van der Waals surface area contributed by atoms with E-state index in [2.05, 4.69) is 39.8 Å². The molecule has 1 aromatic carbocycles. The van der Waals surface area contributed by atoms with Crippen molar-refractivity contribution in [3.8, 4) is 0 Å². The first kappa shape index (κ1) is 19.3. The highest BCUT2D eigenvalue weighted by Gasteiger charge is 2.15. The van der Waals surface area contributed by atoms with Crippen molar-refractivity contribution in [2.75, 3.05) is 0 Å². The molecule has 0 heteroatoms. The minimum atomic E-state index is 0.627. The number of hydrogen-bond donors (Lipinski definition) is 0. The van der Waals surface area contributed by atoms with Crippen LogP contribution < -0.4 is 0 Å². The second kappa shape index (κ2) is 11.7. The van der Waals surface area contributed by atoms with E-state index < -0.39 is 0 Å². The van der Waals surface area contributed by atoms with Gasteiger partial charge in [-0.2, -0.15) is 0 Å². The third-order valence-corrected chi connectivity index (χ3v) is 4.82. The Labute approximate surface area is 139 Å². The van der Waals surface area contributed by atoms with Gasteiger partial charge in [-0.1, -0.05) is 91.2 Å². The van der Waals surface area contributed by atoms with Gasteiger partial charge in [0.25, 0.3) is 0 Å². The molecule has 0 bridgehead atoms. The van der Waals surface area contributed by atoms with Gasteiger partial charge in [-0.05, 0) is 47.9 Å². The molecule has 0 N–H and O–H groups in total. The minimum absolute atomic E-state index is 0.627. The maximum atomic E-state index is 3.53. The molecule has 0 aromatic heterocycles. The Balaban J connectivity index is 2.56. The summed E-state index contributed by atoms with van der Waals surface area (Å²) in [4.78, 5) is 0. The summed E-state index contributed by atoms with van der Waals surface area (Å²) < 4.78 is 0. The van der Waals surface area contributed by atoms with E-state index >= 15 is 0 Å². The first-order valence-corrected chi connectivity index (χ1v) is 9.62. The highest BCUT2D eigenvalue weighted by atomic mass is 14.2. The quantitative estimate of drug-likeness (QED) is 0.352. The lowest BCUT2D eigenvalue weighted by atomic mass is 9.84. The first-order valence-electron chi connectivity index (χ1n) is 9.62. The van der Waals surface area contributed by atoms with Crippen molar-refractivity contribution in [3.05, 3.63) is 35.4 Å². The zero-order chi connectivity index (χ0) is 16.2. The Hall–Kier alpha value is -0.780. The van der Waals surface area contributed by atoms with Crippen molar-refractivity contribution in [2.45, 2.75) is 104 Å². The lowest BCUT2D eigenvalue weighted by molar-refractivity contribution is 0.555. The molecule has 0 nitrogen and oxygen atoms in total. The molecule has 2 unspecified atom stereocenters. The van der Waals surface area contributed by atoms with Crippen molar-refractivity contribution in [1.82, 2.24) is 0 Å². The molecule has 0 saturated carbocycles. The zero-order valence-electron chi connectivity index (χ0n) is 15.4. The first-order chi connectivity index (χ1) is 10.7. The van der Waals surface area contributed by atoms with E-state index in [4.69, 9.17) is 0 Å². The van der Waals surface area contributed by atoms with E-state index in [1.54, 1.807) is 0 Å². The van der Waals surface area contributed by atoms with Crippen LogP contribution in [0.15, 0.2) is 12.1 Å². The molecule has 0 aliphatic rings. The molecule has 1 aromatic rings. The summed E-state index contributed by atoms with van der Waals surface area (Å²) in [6.45, 7) is 9.31. The van der Waals surface area contributed by atoms with Gasteiger partial charge >= 0.3 is 0 Å². The van der Waals surface area contributed by atoms with Crippen LogP contribution in [0.2, 0.25) is 0 Å². The second-order valence-electron chi connectivity index (χ2n) is 6.95. The summed E-state index contributed by atoms with van der Waals surface area (Å²) >= 11 is 0. The van der Waals surface area contributed by atoms with Gasteiger partial charge in [0, 0.05) is 0 Å². The second-order valence-corrected chi connectivity index (χ2v) is 6.95. The van der Waals surface area contributed by atoms with Gasteiger partial charge in [0.15, 0.2) is 0 Å². The normalized spacial score (nSPS) is 14.0. The van der Waals surface area contributed by atoms with Gasteiger partial charge in [-0.15, -0.1) is 0 Å². The molecular weight excluding hydrogens is 264 g/mol. The topological polar surface area (TPSA) is 0 Å². The Morgan fingerprint density at radius 1 is 0.682 bits per heavy atom. The van der Waals surface area contributed by atoms with E-state index in [1.807, 2.05) is 12.1 Å². The van der Waals surface area contributed by atoms with E-state index in [-0.39, 0.29) is 0 Å². The monoisotopic (exact) mass is 300 g/mol. The molecule has 0 spiro atoms.